The Morgan fingerprint density at radius 3 is 1.78 bits per heavy atom. The molecular formula is C5H12LiN2O. The minimum Gasteiger partial charge on any atom is -0.351 e. The number of carbonyl (C=O) groups excluding carboxylic acids is 1. The normalized spacial score (nSPS) is 7.78. The van der Waals surface area contributed by atoms with Crippen LogP contribution in [0, 0.1) is 0 Å². The molecule has 3 nitrogen and oxygen atoms in total. The Morgan fingerprint density at radius 1 is 1.44 bits per heavy atom. The van der Waals surface area contributed by atoms with E-state index in [2.05, 4.69) is 0 Å². The van der Waals surface area contributed by atoms with Crippen LogP contribution in [0.15, 0.2) is 0 Å². The Kier molecular flexibility index (Phi) is 7.75. The Morgan fingerprint density at radius 2 is 1.78 bits per heavy atom. The molecular weight excluding hydrogens is 111 g/mol. The molecule has 0 spiro atoms. The second-order valence-electron chi connectivity index (χ2n) is 1.51. The second kappa shape index (κ2) is 5.99. The van der Waals surface area contributed by atoms with Gasteiger partial charge in [-0.1, -0.05) is 0 Å². The Hall–Kier alpha value is -0.133. The number of urea groups is 1. The van der Waals surface area contributed by atoms with Crippen LogP contribution in [0.25, 0.3) is 0 Å². The quantitative estimate of drug-likeness (QED) is 0.517. The molecule has 0 bridgehead atoms. The van der Waals surface area contributed by atoms with Crippen molar-refractivity contribution in [3.63, 3.8) is 0 Å². The molecule has 2 amide bonds. The molecule has 0 heterocycles. The first kappa shape index (κ1) is 11.6. The van der Waals surface area contributed by atoms with E-state index in [1.165, 1.54) is 0 Å². The fourth-order valence-corrected chi connectivity index (χ4v) is 0.535. The average Bonchev–Trinajstić information content (AvgIpc) is 1.69. The summed E-state index contributed by atoms with van der Waals surface area (Å²) >= 11 is 0. The number of rotatable bonds is 2. The smallest absolute Gasteiger partial charge is 0.314 e. The zero-order valence-electron chi connectivity index (χ0n) is 6.35. The van der Waals surface area contributed by atoms with Gasteiger partial charge in [-0.05, 0) is 13.8 Å². The summed E-state index contributed by atoms with van der Waals surface area (Å²) in [6.45, 7) is 5.19. The van der Waals surface area contributed by atoms with E-state index in [9.17, 15) is 4.79 Å². The molecule has 0 unspecified atom stereocenters. The van der Waals surface area contributed by atoms with E-state index >= 15 is 0 Å². The van der Waals surface area contributed by atoms with Crippen LogP contribution in [-0.4, -0.2) is 42.9 Å². The molecule has 1 radical (unpaired) electrons. The van der Waals surface area contributed by atoms with Crippen molar-refractivity contribution in [2.45, 2.75) is 13.8 Å². The monoisotopic (exact) mass is 123 g/mol. The van der Waals surface area contributed by atoms with E-state index in [-0.39, 0.29) is 24.9 Å². The van der Waals surface area contributed by atoms with Crippen molar-refractivity contribution in [1.29, 1.82) is 0 Å². The van der Waals surface area contributed by atoms with Gasteiger partial charge in [0.15, 0.2) is 0 Å². The molecule has 9 heavy (non-hydrogen) atoms. The molecule has 4 heteroatoms. The van der Waals surface area contributed by atoms with Gasteiger partial charge in [0.05, 0.1) is 0 Å². The number of nitrogens with two attached hydrogens (primary N) is 1. The topological polar surface area (TPSA) is 46.3 Å². The van der Waals surface area contributed by atoms with Gasteiger partial charge in [-0.15, -0.1) is 0 Å². The van der Waals surface area contributed by atoms with Crippen molar-refractivity contribution in [3.8, 4) is 0 Å². The van der Waals surface area contributed by atoms with Crippen LogP contribution in [0.3, 0.4) is 0 Å². The maximum Gasteiger partial charge on any atom is 0.314 e. The molecule has 0 aliphatic heterocycles. The van der Waals surface area contributed by atoms with Crippen LogP contribution in [0.1, 0.15) is 13.8 Å². The standard InChI is InChI=1S/C5H12N2O.Li/c1-3-7(4-2)5(6)8;/h3-4H2,1-2H3,(H2,6,8);. The molecule has 0 saturated heterocycles. The van der Waals surface area contributed by atoms with E-state index in [1.54, 1.807) is 4.90 Å². The Labute approximate surface area is 67.8 Å². The Bertz CT molecular complexity index is 83.0. The van der Waals surface area contributed by atoms with Crippen molar-refractivity contribution in [2.75, 3.05) is 13.1 Å². The third kappa shape index (κ3) is 4.38. The molecule has 0 fully saturated rings. The SMILES string of the molecule is CCN(CC)C(N)=O.[Li]. The molecule has 2 N–H and O–H groups in total. The number of primary amides is 1. The predicted octanol–water partition coefficient (Wildman–Crippen LogP) is 0.0261. The number of hydrogen-bond donors (Lipinski definition) is 1. The summed E-state index contributed by atoms with van der Waals surface area (Å²) in [5.41, 5.74) is 4.94. The molecule has 0 saturated carbocycles. The molecule has 0 aromatic carbocycles. The fraction of sp³-hybridized carbons (Fsp3) is 0.800. The summed E-state index contributed by atoms with van der Waals surface area (Å²) in [7, 11) is 0. The van der Waals surface area contributed by atoms with Gasteiger partial charge >= 0.3 is 6.03 Å². The molecule has 0 aliphatic carbocycles. The van der Waals surface area contributed by atoms with Gasteiger partial charge in [0.2, 0.25) is 0 Å². The molecule has 0 aromatic heterocycles. The first-order valence-corrected chi connectivity index (χ1v) is 2.76. The van der Waals surface area contributed by atoms with Gasteiger partial charge in [0.1, 0.15) is 0 Å². The van der Waals surface area contributed by atoms with Crippen molar-refractivity contribution < 1.29 is 4.79 Å². The minimum absolute atomic E-state index is 0. The van der Waals surface area contributed by atoms with E-state index in [1.807, 2.05) is 13.8 Å². The molecule has 0 rings (SSSR count). The number of carbonyl (C=O) groups is 1. The van der Waals surface area contributed by atoms with E-state index in [0.29, 0.717) is 13.1 Å². The Balaban J connectivity index is 0. The largest absolute Gasteiger partial charge is 0.351 e. The van der Waals surface area contributed by atoms with Crippen LogP contribution < -0.4 is 5.73 Å². The molecule has 0 aliphatic rings. The van der Waals surface area contributed by atoms with E-state index < -0.39 is 0 Å². The number of hydrogen-bond acceptors (Lipinski definition) is 1. The first-order valence-electron chi connectivity index (χ1n) is 2.76. The maximum atomic E-state index is 10.3. The van der Waals surface area contributed by atoms with Gasteiger partial charge in [0.25, 0.3) is 0 Å². The van der Waals surface area contributed by atoms with E-state index in [0.717, 1.165) is 0 Å². The van der Waals surface area contributed by atoms with Crippen LogP contribution in [0.2, 0.25) is 0 Å². The van der Waals surface area contributed by atoms with Crippen molar-refractivity contribution in [2.24, 2.45) is 5.73 Å². The summed E-state index contributed by atoms with van der Waals surface area (Å²) in [6.07, 6.45) is 0. The van der Waals surface area contributed by atoms with E-state index in [4.69, 9.17) is 5.73 Å². The van der Waals surface area contributed by atoms with Gasteiger partial charge in [-0.2, -0.15) is 0 Å². The van der Waals surface area contributed by atoms with Gasteiger partial charge in [-0.25, -0.2) is 4.79 Å². The predicted molar refractivity (Wildman–Crippen MR) is 38.3 cm³/mol. The first-order chi connectivity index (χ1) is 3.72. The fourth-order valence-electron chi connectivity index (χ4n) is 0.535. The molecule has 49 valence electrons. The number of nitrogens with zero attached hydrogens (tertiary/aromatic N) is 1. The van der Waals surface area contributed by atoms with Crippen LogP contribution in [0.5, 0.6) is 0 Å². The van der Waals surface area contributed by atoms with Gasteiger partial charge < -0.3 is 10.6 Å². The molecule has 0 atom stereocenters. The third-order valence-electron chi connectivity index (χ3n) is 1.08. The summed E-state index contributed by atoms with van der Waals surface area (Å²) in [4.78, 5) is 11.9. The van der Waals surface area contributed by atoms with Gasteiger partial charge in [0, 0.05) is 32.0 Å². The average molecular weight is 123 g/mol. The third-order valence-corrected chi connectivity index (χ3v) is 1.08. The van der Waals surface area contributed by atoms with Gasteiger partial charge in [-0.3, -0.25) is 0 Å². The number of amides is 2. The van der Waals surface area contributed by atoms with Crippen molar-refractivity contribution in [1.82, 2.24) is 4.90 Å². The zero-order valence-corrected chi connectivity index (χ0v) is 6.35. The summed E-state index contributed by atoms with van der Waals surface area (Å²) in [5, 5.41) is 0. The summed E-state index contributed by atoms with van der Waals surface area (Å²) in [6, 6.07) is -0.338. The van der Waals surface area contributed by atoms with Crippen molar-refractivity contribution in [3.05, 3.63) is 0 Å². The maximum absolute atomic E-state index is 10.3. The van der Waals surface area contributed by atoms with Crippen molar-refractivity contribution >= 4 is 24.9 Å². The second-order valence-corrected chi connectivity index (χ2v) is 1.51. The zero-order chi connectivity index (χ0) is 6.57. The minimum atomic E-state index is -0.338. The van der Waals surface area contributed by atoms with Crippen LogP contribution >= 0.6 is 0 Å². The molecule has 0 aromatic rings. The summed E-state index contributed by atoms with van der Waals surface area (Å²) in [5.74, 6) is 0. The summed E-state index contributed by atoms with van der Waals surface area (Å²) < 4.78 is 0. The van der Waals surface area contributed by atoms with Crippen LogP contribution in [-0.2, 0) is 0 Å². The van der Waals surface area contributed by atoms with Crippen LogP contribution in [0.4, 0.5) is 4.79 Å².